The van der Waals surface area contributed by atoms with Crippen molar-refractivity contribution in [3.63, 3.8) is 0 Å². The molecule has 3 aromatic carbocycles. The number of rotatable bonds is 4. The van der Waals surface area contributed by atoms with Crippen molar-refractivity contribution in [3.8, 4) is 11.3 Å². The predicted molar refractivity (Wildman–Crippen MR) is 196 cm³/mol. The van der Waals surface area contributed by atoms with Crippen molar-refractivity contribution in [2.24, 2.45) is 0 Å². The molecule has 245 valence electrons. The van der Waals surface area contributed by atoms with Crippen LogP contribution in [0.4, 0.5) is 0 Å². The fraction of sp³-hybridized carbons (Fsp3) is 0.415. The van der Waals surface area contributed by atoms with E-state index in [0.29, 0.717) is 0 Å². The summed E-state index contributed by atoms with van der Waals surface area (Å²) in [5.41, 5.74) is 7.80. The average molecular weight is 809 g/mol. The van der Waals surface area contributed by atoms with Gasteiger partial charge in [-0.2, -0.15) is 5.70 Å². The molecule has 6 rings (SSSR count). The second-order valence-electron chi connectivity index (χ2n) is 15.3. The second kappa shape index (κ2) is 13.3. The minimum atomic E-state index is 0. The standard InChI is InChI=1S/C33H34NS.C8H15NO.Ir/c1-31(2,3)25-17-21(16-20-10-8-9-11-22(20)25)29-30-23(12-15-34-29)24-18-26-27(19-28(24)35-30)33(6,7)14-13-32(26,4)5;1-6(2)9-7(3)5-8(4)10;/h8-12,15,17-19H,13-14H2,1-7H3;5-6H,1-4H3,(H,9,10);/q-1;;/p-1. The summed E-state index contributed by atoms with van der Waals surface area (Å²) in [6.07, 6.45) is 5.99. The number of aromatic nitrogens is 1. The van der Waals surface area contributed by atoms with Crippen molar-refractivity contribution in [3.05, 3.63) is 94.6 Å². The molecule has 1 radical (unpaired) electrons. The molecular formula is C41H48IrN2OS-2. The molecule has 2 heterocycles. The largest absolute Gasteiger partial charge is 0.686 e. The molecule has 0 N–H and O–H groups in total. The quantitative estimate of drug-likeness (QED) is 0.134. The van der Waals surface area contributed by atoms with Crippen LogP contribution < -0.4 is 0 Å². The molecule has 1 aliphatic rings. The van der Waals surface area contributed by atoms with Gasteiger partial charge in [0.1, 0.15) is 0 Å². The molecule has 5 aromatic rings. The molecule has 0 spiro atoms. The molecule has 0 amide bonds. The number of hydrogen-bond acceptors (Lipinski definition) is 3. The number of fused-ring (bicyclic) bond motifs is 5. The molecule has 0 bridgehead atoms. The maximum atomic E-state index is 10.5. The molecule has 0 saturated heterocycles. The summed E-state index contributed by atoms with van der Waals surface area (Å²) >= 11 is 1.89. The molecule has 2 aromatic heterocycles. The van der Waals surface area contributed by atoms with Crippen LogP contribution in [0.2, 0.25) is 0 Å². The summed E-state index contributed by atoms with van der Waals surface area (Å²) in [5.74, 6) is 0.0573. The first kappa shape index (κ1) is 36.0. The molecule has 46 heavy (non-hydrogen) atoms. The van der Waals surface area contributed by atoms with Crippen molar-refractivity contribution in [2.45, 2.75) is 111 Å². The van der Waals surface area contributed by atoms with E-state index < -0.39 is 0 Å². The van der Waals surface area contributed by atoms with Gasteiger partial charge >= 0.3 is 0 Å². The monoisotopic (exact) mass is 809 g/mol. The second-order valence-corrected chi connectivity index (χ2v) is 16.4. The van der Waals surface area contributed by atoms with E-state index in [1.165, 1.54) is 62.0 Å². The van der Waals surface area contributed by atoms with Crippen LogP contribution in [0.25, 0.3) is 47.5 Å². The number of thiophene rings is 1. The molecule has 5 heteroatoms. The van der Waals surface area contributed by atoms with Crippen LogP contribution in [-0.2, 0) is 41.1 Å². The smallest absolute Gasteiger partial charge is 0.151 e. The summed E-state index contributed by atoms with van der Waals surface area (Å²) in [5, 5.41) is 9.29. The maximum absolute atomic E-state index is 10.5. The third kappa shape index (κ3) is 7.33. The van der Waals surface area contributed by atoms with E-state index in [1.807, 2.05) is 38.3 Å². The van der Waals surface area contributed by atoms with Crippen LogP contribution in [0.5, 0.6) is 0 Å². The summed E-state index contributed by atoms with van der Waals surface area (Å²) in [4.78, 5) is 15.4. The Hall–Kier alpha value is -2.85. The van der Waals surface area contributed by atoms with Gasteiger partial charge in [0.25, 0.3) is 0 Å². The summed E-state index contributed by atoms with van der Waals surface area (Å²) in [7, 11) is 0. The zero-order valence-electron chi connectivity index (χ0n) is 29.3. The number of carbonyl (C=O) groups excluding carboxylic acids is 1. The third-order valence-electron chi connectivity index (χ3n) is 9.07. The van der Waals surface area contributed by atoms with Crippen molar-refractivity contribution in [1.82, 2.24) is 4.98 Å². The Balaban J connectivity index is 0.000000381. The topological polar surface area (TPSA) is 44.1 Å². The molecule has 0 fully saturated rings. The normalized spacial score (nSPS) is 15.7. The van der Waals surface area contributed by atoms with Gasteiger partial charge in [-0.15, -0.1) is 46.5 Å². The zero-order valence-corrected chi connectivity index (χ0v) is 32.5. The Morgan fingerprint density at radius 2 is 1.57 bits per heavy atom. The average Bonchev–Trinajstić information content (AvgIpc) is 3.31. The molecule has 0 unspecified atom stereocenters. The van der Waals surface area contributed by atoms with Crippen molar-refractivity contribution in [2.75, 3.05) is 0 Å². The van der Waals surface area contributed by atoms with Gasteiger partial charge < -0.3 is 5.32 Å². The Labute approximate surface area is 293 Å². The maximum Gasteiger partial charge on any atom is 0.151 e. The first-order valence-electron chi connectivity index (χ1n) is 16.2. The minimum Gasteiger partial charge on any atom is -0.686 e. The molecular weight excluding hydrogens is 761 g/mol. The van der Waals surface area contributed by atoms with E-state index >= 15 is 0 Å². The Morgan fingerprint density at radius 1 is 0.935 bits per heavy atom. The van der Waals surface area contributed by atoms with Gasteiger partial charge in [0.05, 0.1) is 0 Å². The van der Waals surface area contributed by atoms with Gasteiger partial charge in [0, 0.05) is 46.8 Å². The fourth-order valence-corrected chi connectivity index (χ4v) is 7.89. The predicted octanol–water partition coefficient (Wildman–Crippen LogP) is 12.0. The Kier molecular flexibility index (Phi) is 10.4. The van der Waals surface area contributed by atoms with Gasteiger partial charge in [0.15, 0.2) is 5.78 Å². The van der Waals surface area contributed by atoms with Gasteiger partial charge in [-0.05, 0) is 76.8 Å². The van der Waals surface area contributed by atoms with Gasteiger partial charge in [-0.1, -0.05) is 98.4 Å². The van der Waals surface area contributed by atoms with Gasteiger partial charge in [-0.25, -0.2) is 0 Å². The van der Waals surface area contributed by atoms with Crippen LogP contribution in [0.1, 0.15) is 106 Å². The SMILES string of the molecule is CC(=O)/C=C(/C)[N-]C(C)C.CC(C)(C)c1cc(-c2nccc3c2sc2cc4c(cc23)C(C)(C)CCC4(C)C)[c-]c2ccccc12.[Ir]. The number of ketones is 1. The number of allylic oxidation sites excluding steroid dienone is 2. The summed E-state index contributed by atoms with van der Waals surface area (Å²) in [6, 6.07) is 22.1. The number of benzene rings is 3. The van der Waals surface area contributed by atoms with Crippen molar-refractivity contribution in [1.29, 1.82) is 0 Å². The van der Waals surface area contributed by atoms with Crippen LogP contribution in [0, 0.1) is 6.07 Å². The zero-order chi connectivity index (χ0) is 32.9. The molecule has 0 aliphatic heterocycles. The van der Waals surface area contributed by atoms with Crippen molar-refractivity contribution < 1.29 is 24.9 Å². The first-order chi connectivity index (χ1) is 21.0. The Morgan fingerprint density at radius 3 is 2.17 bits per heavy atom. The fourth-order valence-electron chi connectivity index (χ4n) is 6.67. The molecule has 3 nitrogen and oxygen atoms in total. The summed E-state index contributed by atoms with van der Waals surface area (Å²) < 4.78 is 2.64. The number of nitrogens with zero attached hydrogens (tertiary/aromatic N) is 2. The van der Waals surface area contributed by atoms with E-state index in [2.05, 4.69) is 108 Å². The van der Waals surface area contributed by atoms with Gasteiger partial charge in [-0.3, -0.25) is 9.78 Å². The van der Waals surface area contributed by atoms with Crippen LogP contribution in [0.15, 0.2) is 66.5 Å². The van der Waals surface area contributed by atoms with E-state index in [4.69, 9.17) is 4.98 Å². The first-order valence-corrected chi connectivity index (χ1v) is 17.0. The van der Waals surface area contributed by atoms with E-state index in [1.54, 1.807) is 6.08 Å². The van der Waals surface area contributed by atoms with Crippen LogP contribution >= 0.6 is 11.3 Å². The number of hydrogen-bond donors (Lipinski definition) is 0. The number of pyridine rings is 1. The number of carbonyl (C=O) groups is 1. The van der Waals surface area contributed by atoms with Crippen molar-refractivity contribution >= 4 is 48.1 Å². The minimum absolute atomic E-state index is 0. The van der Waals surface area contributed by atoms with Crippen LogP contribution in [-0.4, -0.2) is 16.8 Å². The third-order valence-corrected chi connectivity index (χ3v) is 10.2. The van der Waals surface area contributed by atoms with Crippen LogP contribution in [0.3, 0.4) is 0 Å². The van der Waals surface area contributed by atoms with Gasteiger partial charge in [0.2, 0.25) is 0 Å². The molecule has 0 saturated carbocycles. The van der Waals surface area contributed by atoms with E-state index in [0.717, 1.165) is 22.3 Å². The van der Waals surface area contributed by atoms with E-state index in [9.17, 15) is 4.79 Å². The summed E-state index contributed by atoms with van der Waals surface area (Å²) in [6.45, 7) is 23.8. The van der Waals surface area contributed by atoms with E-state index in [-0.39, 0.29) is 48.2 Å². The molecule has 1 aliphatic carbocycles. The Bertz CT molecular complexity index is 1940. The molecule has 0 atom stereocenters.